The highest BCUT2D eigenvalue weighted by molar-refractivity contribution is 5.64. The molecular formula is C16H20F3N. The van der Waals surface area contributed by atoms with Crippen LogP contribution in [0.3, 0.4) is 0 Å². The lowest BCUT2D eigenvalue weighted by molar-refractivity contribution is -0.136. The molecule has 0 bridgehead atoms. The first kappa shape index (κ1) is 13.8. The quantitative estimate of drug-likeness (QED) is 0.805. The fourth-order valence-electron chi connectivity index (χ4n) is 3.67. The molecule has 1 atom stereocenters. The van der Waals surface area contributed by atoms with Crippen LogP contribution in [0.2, 0.25) is 0 Å². The topological polar surface area (TPSA) is 12.0 Å². The molecule has 1 aliphatic carbocycles. The van der Waals surface area contributed by atoms with Gasteiger partial charge in [-0.2, -0.15) is 13.2 Å². The number of nitrogens with one attached hydrogen (secondary N) is 1. The molecule has 0 amide bonds. The summed E-state index contributed by atoms with van der Waals surface area (Å²) in [7, 11) is 0. The number of halogens is 3. The number of fused-ring (bicyclic) bond motifs is 1. The number of benzene rings is 1. The maximum atomic E-state index is 13.0. The first-order valence-corrected chi connectivity index (χ1v) is 7.49. The van der Waals surface area contributed by atoms with Crippen molar-refractivity contribution < 1.29 is 13.2 Å². The van der Waals surface area contributed by atoms with Gasteiger partial charge in [0.1, 0.15) is 0 Å². The zero-order chi connectivity index (χ0) is 14.2. The molecule has 0 spiro atoms. The molecule has 110 valence electrons. The van der Waals surface area contributed by atoms with Crippen LogP contribution in [0.5, 0.6) is 0 Å². The van der Waals surface area contributed by atoms with E-state index in [1.165, 1.54) is 37.8 Å². The van der Waals surface area contributed by atoms with Crippen LogP contribution in [0, 0.1) is 5.92 Å². The Hall–Kier alpha value is -1.19. The summed E-state index contributed by atoms with van der Waals surface area (Å²) in [6.07, 6.45) is 3.14. The second-order valence-corrected chi connectivity index (χ2v) is 6.07. The van der Waals surface area contributed by atoms with Crippen LogP contribution in [-0.4, -0.2) is 6.54 Å². The third-order valence-electron chi connectivity index (χ3n) is 4.77. The van der Waals surface area contributed by atoms with Crippen molar-refractivity contribution in [3.8, 4) is 0 Å². The van der Waals surface area contributed by atoms with E-state index in [0.29, 0.717) is 12.2 Å². The van der Waals surface area contributed by atoms with Crippen molar-refractivity contribution >= 4 is 5.69 Å². The summed E-state index contributed by atoms with van der Waals surface area (Å²) in [4.78, 5) is 0. The van der Waals surface area contributed by atoms with Gasteiger partial charge >= 0.3 is 6.18 Å². The van der Waals surface area contributed by atoms with E-state index in [4.69, 9.17) is 0 Å². The van der Waals surface area contributed by atoms with Gasteiger partial charge in [0.05, 0.1) is 5.56 Å². The van der Waals surface area contributed by atoms with Crippen molar-refractivity contribution in [1.29, 1.82) is 0 Å². The molecule has 0 radical (unpaired) electrons. The molecule has 1 unspecified atom stereocenters. The van der Waals surface area contributed by atoms with Gasteiger partial charge in [-0.1, -0.05) is 37.8 Å². The fraction of sp³-hybridized carbons (Fsp3) is 0.625. The summed E-state index contributed by atoms with van der Waals surface area (Å²) in [6, 6.07) is 4.56. The van der Waals surface area contributed by atoms with Gasteiger partial charge in [-0.3, -0.25) is 0 Å². The summed E-state index contributed by atoms with van der Waals surface area (Å²) < 4.78 is 38.9. The zero-order valence-corrected chi connectivity index (χ0v) is 11.5. The SMILES string of the molecule is FC(F)(F)c1cccc2c1NCC2CCC1CCCC1. The molecule has 20 heavy (non-hydrogen) atoms. The number of para-hydroxylation sites is 1. The largest absolute Gasteiger partial charge is 0.418 e. The van der Waals surface area contributed by atoms with Crippen LogP contribution in [0.15, 0.2) is 18.2 Å². The van der Waals surface area contributed by atoms with Crippen LogP contribution in [0.4, 0.5) is 18.9 Å². The van der Waals surface area contributed by atoms with Crippen LogP contribution in [0.1, 0.15) is 55.6 Å². The summed E-state index contributed by atoms with van der Waals surface area (Å²) in [5.74, 6) is 1.04. The summed E-state index contributed by atoms with van der Waals surface area (Å²) in [6.45, 7) is 0.648. The van der Waals surface area contributed by atoms with Crippen LogP contribution in [-0.2, 0) is 6.18 Å². The number of rotatable bonds is 3. The molecule has 2 aliphatic rings. The van der Waals surface area contributed by atoms with Gasteiger partial charge in [-0.25, -0.2) is 0 Å². The molecule has 1 nitrogen and oxygen atoms in total. The average Bonchev–Trinajstić information content (AvgIpc) is 3.04. The normalized spacial score (nSPS) is 22.9. The van der Waals surface area contributed by atoms with Crippen molar-refractivity contribution in [1.82, 2.24) is 0 Å². The van der Waals surface area contributed by atoms with E-state index in [2.05, 4.69) is 5.32 Å². The highest BCUT2D eigenvalue weighted by Gasteiger charge is 2.37. The molecule has 3 rings (SSSR count). The minimum absolute atomic E-state index is 0.243. The van der Waals surface area contributed by atoms with E-state index >= 15 is 0 Å². The Bertz CT molecular complexity index is 475. The van der Waals surface area contributed by atoms with Gasteiger partial charge in [0.2, 0.25) is 0 Å². The summed E-state index contributed by atoms with van der Waals surface area (Å²) >= 11 is 0. The monoisotopic (exact) mass is 283 g/mol. The highest BCUT2D eigenvalue weighted by atomic mass is 19.4. The number of hydrogen-bond donors (Lipinski definition) is 1. The fourth-order valence-corrected chi connectivity index (χ4v) is 3.67. The van der Waals surface area contributed by atoms with E-state index in [-0.39, 0.29) is 5.92 Å². The predicted molar refractivity (Wildman–Crippen MR) is 73.9 cm³/mol. The average molecular weight is 283 g/mol. The van der Waals surface area contributed by atoms with E-state index in [9.17, 15) is 13.2 Å². The highest BCUT2D eigenvalue weighted by Crippen LogP contribution is 2.44. The minimum Gasteiger partial charge on any atom is -0.384 e. The molecule has 4 heteroatoms. The molecule has 1 aliphatic heterocycles. The van der Waals surface area contributed by atoms with Gasteiger partial charge < -0.3 is 5.32 Å². The van der Waals surface area contributed by atoms with E-state index in [1.807, 2.05) is 6.07 Å². The summed E-state index contributed by atoms with van der Waals surface area (Å²) in [5, 5.41) is 2.98. The zero-order valence-electron chi connectivity index (χ0n) is 11.5. The lowest BCUT2D eigenvalue weighted by Gasteiger charge is -2.15. The van der Waals surface area contributed by atoms with Crippen molar-refractivity contribution in [3.63, 3.8) is 0 Å². The maximum absolute atomic E-state index is 13.0. The Morgan fingerprint density at radius 1 is 1.10 bits per heavy atom. The molecule has 1 fully saturated rings. The Morgan fingerprint density at radius 2 is 1.85 bits per heavy atom. The summed E-state index contributed by atoms with van der Waals surface area (Å²) in [5.41, 5.74) is 0.660. The molecule has 1 heterocycles. The van der Waals surface area contributed by atoms with Gasteiger partial charge in [-0.05, 0) is 30.4 Å². The van der Waals surface area contributed by atoms with Gasteiger partial charge in [0.15, 0.2) is 0 Å². The molecule has 1 saturated carbocycles. The Labute approximate surface area is 117 Å². The lowest BCUT2D eigenvalue weighted by atomic mass is 9.90. The minimum atomic E-state index is -4.27. The second-order valence-electron chi connectivity index (χ2n) is 6.07. The molecule has 1 aromatic carbocycles. The lowest BCUT2D eigenvalue weighted by Crippen LogP contribution is -2.08. The van der Waals surface area contributed by atoms with E-state index in [1.54, 1.807) is 0 Å². The Balaban J connectivity index is 1.73. The number of alkyl halides is 3. The van der Waals surface area contributed by atoms with Crippen molar-refractivity contribution in [2.24, 2.45) is 5.92 Å². The van der Waals surface area contributed by atoms with Crippen molar-refractivity contribution in [2.45, 2.75) is 50.6 Å². The smallest absolute Gasteiger partial charge is 0.384 e. The maximum Gasteiger partial charge on any atom is 0.418 e. The predicted octanol–water partition coefficient (Wildman–Crippen LogP) is 5.18. The van der Waals surface area contributed by atoms with Gasteiger partial charge in [-0.15, -0.1) is 0 Å². The van der Waals surface area contributed by atoms with Gasteiger partial charge in [0.25, 0.3) is 0 Å². The van der Waals surface area contributed by atoms with Crippen LogP contribution in [0.25, 0.3) is 0 Å². The number of anilines is 1. The second kappa shape index (κ2) is 5.30. The molecular weight excluding hydrogens is 263 g/mol. The van der Waals surface area contributed by atoms with Crippen molar-refractivity contribution in [3.05, 3.63) is 29.3 Å². The van der Waals surface area contributed by atoms with E-state index in [0.717, 1.165) is 24.3 Å². The first-order valence-electron chi connectivity index (χ1n) is 7.49. The Kier molecular flexibility index (Phi) is 3.65. The first-order chi connectivity index (χ1) is 9.55. The molecule has 0 saturated heterocycles. The molecule has 1 aromatic rings. The van der Waals surface area contributed by atoms with Crippen LogP contribution >= 0.6 is 0 Å². The van der Waals surface area contributed by atoms with Gasteiger partial charge in [0, 0.05) is 18.2 Å². The standard InChI is InChI=1S/C16H20F3N/c17-16(18,19)14-7-3-6-13-12(10-20-15(13)14)9-8-11-4-1-2-5-11/h3,6-7,11-12,20H,1-2,4-5,8-10H2. The molecule has 0 aromatic heterocycles. The van der Waals surface area contributed by atoms with Crippen LogP contribution < -0.4 is 5.32 Å². The van der Waals surface area contributed by atoms with E-state index < -0.39 is 11.7 Å². The third-order valence-corrected chi connectivity index (χ3v) is 4.77. The van der Waals surface area contributed by atoms with Crippen molar-refractivity contribution in [2.75, 3.05) is 11.9 Å². The number of hydrogen-bond acceptors (Lipinski definition) is 1. The molecule has 1 N–H and O–H groups in total. The third kappa shape index (κ3) is 2.65. The Morgan fingerprint density at radius 3 is 2.55 bits per heavy atom.